The molecule has 0 radical (unpaired) electrons. The van der Waals surface area contributed by atoms with Crippen LogP contribution < -0.4 is 5.32 Å². The quantitative estimate of drug-likeness (QED) is 0.816. The summed E-state index contributed by atoms with van der Waals surface area (Å²) in [5.41, 5.74) is -1.45. The molecule has 0 heterocycles. The predicted molar refractivity (Wildman–Crippen MR) is 69.6 cm³/mol. The molecule has 1 unspecified atom stereocenters. The minimum absolute atomic E-state index is 0.283. The van der Waals surface area contributed by atoms with Gasteiger partial charge in [-0.1, -0.05) is 12.1 Å². The second-order valence-corrected chi connectivity index (χ2v) is 4.44. The van der Waals surface area contributed by atoms with Gasteiger partial charge in [0, 0.05) is 12.6 Å². The lowest BCUT2D eigenvalue weighted by atomic mass is 9.99. The highest BCUT2D eigenvalue weighted by Gasteiger charge is 2.46. The van der Waals surface area contributed by atoms with E-state index >= 15 is 0 Å². The second-order valence-electron chi connectivity index (χ2n) is 4.44. The molecule has 1 atom stereocenters. The van der Waals surface area contributed by atoms with E-state index in [4.69, 9.17) is 5.11 Å². The van der Waals surface area contributed by atoms with Gasteiger partial charge in [-0.05, 0) is 13.0 Å². The van der Waals surface area contributed by atoms with Gasteiger partial charge in [-0.2, -0.15) is 8.78 Å². The van der Waals surface area contributed by atoms with Crippen molar-refractivity contribution >= 4 is 12.0 Å². The highest BCUT2D eigenvalue weighted by atomic mass is 19.3. The van der Waals surface area contributed by atoms with Crippen molar-refractivity contribution in [2.24, 2.45) is 0 Å². The van der Waals surface area contributed by atoms with Gasteiger partial charge in [0.1, 0.15) is 5.82 Å². The molecule has 0 bridgehead atoms. The summed E-state index contributed by atoms with van der Waals surface area (Å²) in [4.78, 5) is 26.5. The molecule has 0 aliphatic carbocycles. The van der Waals surface area contributed by atoms with Crippen LogP contribution in [0.5, 0.6) is 0 Å². The molecule has 0 saturated carbocycles. The maximum absolute atomic E-state index is 14.3. The van der Waals surface area contributed by atoms with Gasteiger partial charge >= 0.3 is 17.9 Å². The van der Waals surface area contributed by atoms with Gasteiger partial charge in [-0.3, -0.25) is 9.63 Å². The minimum Gasteiger partial charge on any atom is -0.465 e. The fraction of sp³-hybridized carbons (Fsp3) is 0.385. The van der Waals surface area contributed by atoms with Gasteiger partial charge in [0.05, 0.1) is 18.7 Å². The number of hydrogen-bond donors (Lipinski definition) is 2. The molecule has 1 aromatic rings. The Hall–Kier alpha value is -2.29. The van der Waals surface area contributed by atoms with E-state index in [1.54, 1.807) is 0 Å². The Kier molecular flexibility index (Phi) is 5.37. The number of carboxylic acid groups (broad SMARTS) is 1. The standard InChI is InChI=1S/C13H15F3N2O4/c1-7(17-12(20)21)8-5-4-6-9(10(8)14)13(15,16)11(19)18(2)22-3/h4-7,17H,1-3H3,(H,20,21). The number of nitrogens with one attached hydrogen (secondary N) is 1. The summed E-state index contributed by atoms with van der Waals surface area (Å²) < 4.78 is 42.5. The first-order valence-electron chi connectivity index (χ1n) is 6.11. The zero-order valence-corrected chi connectivity index (χ0v) is 12.1. The van der Waals surface area contributed by atoms with Crippen LogP contribution in [-0.4, -0.2) is 36.3 Å². The molecular weight excluding hydrogens is 305 g/mol. The van der Waals surface area contributed by atoms with E-state index in [2.05, 4.69) is 4.84 Å². The molecule has 0 spiro atoms. The third-order valence-electron chi connectivity index (χ3n) is 3.00. The van der Waals surface area contributed by atoms with Crippen LogP contribution in [-0.2, 0) is 15.6 Å². The molecule has 2 N–H and O–H groups in total. The Morgan fingerprint density at radius 3 is 2.50 bits per heavy atom. The van der Waals surface area contributed by atoms with Crippen LogP contribution in [0.25, 0.3) is 0 Å². The van der Waals surface area contributed by atoms with Crippen LogP contribution in [0.1, 0.15) is 24.1 Å². The number of halogens is 3. The average molecular weight is 320 g/mol. The maximum atomic E-state index is 14.3. The molecule has 0 aromatic heterocycles. The topological polar surface area (TPSA) is 78.9 Å². The molecule has 1 aromatic carbocycles. The van der Waals surface area contributed by atoms with Crippen molar-refractivity contribution in [2.45, 2.75) is 18.9 Å². The van der Waals surface area contributed by atoms with E-state index in [1.165, 1.54) is 6.92 Å². The van der Waals surface area contributed by atoms with Crippen LogP contribution in [0.3, 0.4) is 0 Å². The second kappa shape index (κ2) is 6.65. The summed E-state index contributed by atoms with van der Waals surface area (Å²) in [5, 5.41) is 10.8. The van der Waals surface area contributed by atoms with Gasteiger partial charge in [0.2, 0.25) is 0 Å². The van der Waals surface area contributed by atoms with Crippen molar-refractivity contribution in [3.05, 3.63) is 35.1 Å². The van der Waals surface area contributed by atoms with E-state index in [-0.39, 0.29) is 10.6 Å². The highest BCUT2D eigenvalue weighted by molar-refractivity contribution is 5.84. The molecule has 1 rings (SSSR count). The molecule has 0 fully saturated rings. The number of carbonyl (C=O) groups excluding carboxylic acids is 1. The number of hydrogen-bond acceptors (Lipinski definition) is 3. The van der Waals surface area contributed by atoms with Crippen molar-refractivity contribution in [1.82, 2.24) is 10.4 Å². The van der Waals surface area contributed by atoms with Gasteiger partial charge in [0.15, 0.2) is 0 Å². The van der Waals surface area contributed by atoms with E-state index in [9.17, 15) is 22.8 Å². The molecule has 22 heavy (non-hydrogen) atoms. The van der Waals surface area contributed by atoms with E-state index in [0.29, 0.717) is 0 Å². The van der Waals surface area contributed by atoms with Crippen LogP contribution in [0, 0.1) is 5.82 Å². The van der Waals surface area contributed by atoms with Crippen LogP contribution in [0.15, 0.2) is 18.2 Å². The fourth-order valence-corrected chi connectivity index (χ4v) is 1.79. The fourth-order valence-electron chi connectivity index (χ4n) is 1.79. The van der Waals surface area contributed by atoms with Crippen molar-refractivity contribution in [2.75, 3.05) is 14.2 Å². The molecule has 6 nitrogen and oxygen atoms in total. The van der Waals surface area contributed by atoms with E-state index in [0.717, 1.165) is 32.4 Å². The Bertz CT molecular complexity index is 580. The lowest BCUT2D eigenvalue weighted by molar-refractivity contribution is -0.196. The molecule has 0 saturated heterocycles. The summed E-state index contributed by atoms with van der Waals surface area (Å²) in [6, 6.07) is 1.96. The minimum atomic E-state index is -4.16. The number of benzene rings is 1. The molecule has 0 aliphatic heterocycles. The lowest BCUT2D eigenvalue weighted by Gasteiger charge is -2.23. The summed E-state index contributed by atoms with van der Waals surface area (Å²) in [5.74, 6) is -7.26. The van der Waals surface area contributed by atoms with E-state index in [1.807, 2.05) is 5.32 Å². The third-order valence-corrected chi connectivity index (χ3v) is 3.00. The Labute approximate surface area is 124 Å². The number of hydroxylamine groups is 2. The highest BCUT2D eigenvalue weighted by Crippen LogP contribution is 2.34. The van der Waals surface area contributed by atoms with Crippen molar-refractivity contribution in [1.29, 1.82) is 0 Å². The third kappa shape index (κ3) is 3.48. The first-order chi connectivity index (χ1) is 10.1. The molecule has 0 aliphatic rings. The van der Waals surface area contributed by atoms with Crippen molar-refractivity contribution < 1.29 is 32.7 Å². The molecule has 122 valence electrons. The van der Waals surface area contributed by atoms with Crippen molar-refractivity contribution in [3.8, 4) is 0 Å². The van der Waals surface area contributed by atoms with Gasteiger partial charge < -0.3 is 10.4 Å². The normalized spacial score (nSPS) is 12.6. The number of alkyl halides is 2. The van der Waals surface area contributed by atoms with Crippen LogP contribution in [0.2, 0.25) is 0 Å². The molecule has 2 amide bonds. The SMILES string of the molecule is CON(C)C(=O)C(F)(F)c1cccc(C(C)NC(=O)O)c1F. The lowest BCUT2D eigenvalue weighted by Crippen LogP contribution is -2.39. The number of rotatable bonds is 5. The molecular formula is C13H15F3N2O4. The Morgan fingerprint density at radius 1 is 1.41 bits per heavy atom. The summed E-state index contributed by atoms with van der Waals surface area (Å²) >= 11 is 0. The zero-order chi connectivity index (χ0) is 17.1. The summed E-state index contributed by atoms with van der Waals surface area (Å²) in [6.07, 6.45) is -1.43. The van der Waals surface area contributed by atoms with Crippen LogP contribution in [0.4, 0.5) is 18.0 Å². The smallest absolute Gasteiger partial charge is 0.405 e. The first kappa shape index (κ1) is 17.8. The number of likely N-dealkylation sites (N-methyl/N-ethyl adjacent to an activating group) is 1. The van der Waals surface area contributed by atoms with Crippen LogP contribution >= 0.6 is 0 Å². The average Bonchev–Trinajstić information content (AvgIpc) is 2.44. The number of nitrogens with zero attached hydrogens (tertiary/aromatic N) is 1. The summed E-state index contributed by atoms with van der Waals surface area (Å²) in [6.45, 7) is 1.29. The number of amides is 2. The largest absolute Gasteiger partial charge is 0.465 e. The number of carbonyl (C=O) groups is 2. The van der Waals surface area contributed by atoms with Gasteiger partial charge in [-0.15, -0.1) is 0 Å². The Morgan fingerprint density at radius 2 is 2.00 bits per heavy atom. The maximum Gasteiger partial charge on any atom is 0.405 e. The monoisotopic (exact) mass is 320 g/mol. The van der Waals surface area contributed by atoms with Gasteiger partial charge in [0.25, 0.3) is 0 Å². The van der Waals surface area contributed by atoms with Crippen molar-refractivity contribution in [3.63, 3.8) is 0 Å². The molecule has 9 heteroatoms. The predicted octanol–water partition coefficient (Wildman–Crippen LogP) is 2.27. The van der Waals surface area contributed by atoms with Gasteiger partial charge in [-0.25, -0.2) is 14.2 Å². The summed E-state index contributed by atoms with van der Waals surface area (Å²) in [7, 11) is 1.98. The zero-order valence-electron chi connectivity index (χ0n) is 12.1. The first-order valence-corrected chi connectivity index (χ1v) is 6.11. The Balaban J connectivity index is 3.26. The van der Waals surface area contributed by atoms with E-state index < -0.39 is 35.3 Å².